The maximum absolute atomic E-state index is 11.7. The molecule has 0 fully saturated rings. The van der Waals surface area contributed by atoms with Gasteiger partial charge in [0.15, 0.2) is 5.65 Å². The van der Waals surface area contributed by atoms with E-state index in [4.69, 9.17) is 4.74 Å². The normalized spacial score (nSPS) is 10.8. The molecule has 0 atom stereocenters. The van der Waals surface area contributed by atoms with Gasteiger partial charge >= 0.3 is 0 Å². The van der Waals surface area contributed by atoms with Crippen LogP contribution in [0.15, 0.2) is 66.9 Å². The van der Waals surface area contributed by atoms with Crippen molar-refractivity contribution in [2.45, 2.75) is 13.0 Å². The Bertz CT molecular complexity index is 1090. The average Bonchev–Trinajstić information content (AvgIpc) is 3.19. The molecule has 6 heteroatoms. The quantitative estimate of drug-likeness (QED) is 0.543. The molecular formula is C22H20N4O2. The molecule has 4 rings (SSSR count). The van der Waals surface area contributed by atoms with Gasteiger partial charge in [0.25, 0.3) is 0 Å². The van der Waals surface area contributed by atoms with Crippen LogP contribution < -0.4 is 10.1 Å². The van der Waals surface area contributed by atoms with Crippen LogP contribution in [0.5, 0.6) is 5.75 Å². The lowest BCUT2D eigenvalue weighted by Gasteiger charge is -2.06. The molecule has 0 radical (unpaired) electrons. The van der Waals surface area contributed by atoms with Gasteiger partial charge in [0.1, 0.15) is 18.2 Å². The summed E-state index contributed by atoms with van der Waals surface area (Å²) in [5.41, 5.74) is 4.30. The fourth-order valence-corrected chi connectivity index (χ4v) is 2.96. The molecule has 0 saturated carbocycles. The first kappa shape index (κ1) is 17.7. The Morgan fingerprint density at radius 2 is 1.86 bits per heavy atom. The Morgan fingerprint density at radius 1 is 1.07 bits per heavy atom. The van der Waals surface area contributed by atoms with Crippen molar-refractivity contribution in [2.24, 2.45) is 0 Å². The fraction of sp³-hybridized carbons (Fsp3) is 0.136. The van der Waals surface area contributed by atoms with E-state index in [0.29, 0.717) is 18.1 Å². The summed E-state index contributed by atoms with van der Waals surface area (Å²) < 4.78 is 5.83. The SMILES string of the molecule is CNC(=O)Cc1ccnc2nc(-c3ccc(OCc4ccccc4)cc3)[nH]c12. The van der Waals surface area contributed by atoms with E-state index in [2.05, 4.69) is 20.3 Å². The zero-order valence-corrected chi connectivity index (χ0v) is 15.5. The van der Waals surface area contributed by atoms with Gasteiger partial charge in [-0.05, 0) is 41.5 Å². The Hall–Kier alpha value is -3.67. The van der Waals surface area contributed by atoms with E-state index in [0.717, 1.165) is 28.0 Å². The maximum atomic E-state index is 11.7. The molecule has 0 bridgehead atoms. The van der Waals surface area contributed by atoms with Crippen molar-refractivity contribution in [1.29, 1.82) is 0 Å². The van der Waals surface area contributed by atoms with Crippen LogP contribution >= 0.6 is 0 Å². The molecule has 2 N–H and O–H groups in total. The highest BCUT2D eigenvalue weighted by molar-refractivity contribution is 5.85. The number of nitrogens with zero attached hydrogens (tertiary/aromatic N) is 2. The van der Waals surface area contributed by atoms with E-state index in [9.17, 15) is 4.79 Å². The number of hydrogen-bond acceptors (Lipinski definition) is 4. The number of imidazole rings is 1. The molecule has 140 valence electrons. The number of likely N-dealkylation sites (N-methyl/N-ethyl adjacent to an activating group) is 1. The molecule has 1 amide bonds. The highest BCUT2D eigenvalue weighted by Crippen LogP contribution is 2.24. The Kier molecular flexibility index (Phi) is 5.01. The van der Waals surface area contributed by atoms with E-state index < -0.39 is 0 Å². The van der Waals surface area contributed by atoms with Crippen LogP contribution in [0.2, 0.25) is 0 Å². The molecule has 0 saturated heterocycles. The third-order valence-electron chi connectivity index (χ3n) is 4.48. The van der Waals surface area contributed by atoms with Gasteiger partial charge in [-0.3, -0.25) is 4.79 Å². The summed E-state index contributed by atoms with van der Waals surface area (Å²) >= 11 is 0. The number of benzene rings is 2. The topological polar surface area (TPSA) is 79.9 Å². The Labute approximate surface area is 162 Å². The van der Waals surface area contributed by atoms with Crippen LogP contribution in [0.25, 0.3) is 22.6 Å². The van der Waals surface area contributed by atoms with Gasteiger partial charge in [-0.15, -0.1) is 0 Å². The first-order valence-corrected chi connectivity index (χ1v) is 9.04. The Morgan fingerprint density at radius 3 is 2.61 bits per heavy atom. The van der Waals surface area contributed by atoms with Crippen LogP contribution in [0, 0.1) is 0 Å². The zero-order chi connectivity index (χ0) is 19.3. The summed E-state index contributed by atoms with van der Waals surface area (Å²) in [5, 5.41) is 2.64. The summed E-state index contributed by atoms with van der Waals surface area (Å²) in [7, 11) is 1.63. The maximum Gasteiger partial charge on any atom is 0.224 e. The lowest BCUT2D eigenvalue weighted by molar-refractivity contribution is -0.119. The average molecular weight is 372 g/mol. The number of rotatable bonds is 6. The van der Waals surface area contributed by atoms with E-state index >= 15 is 0 Å². The van der Waals surface area contributed by atoms with Crippen molar-refractivity contribution in [3.8, 4) is 17.1 Å². The van der Waals surface area contributed by atoms with Crippen LogP contribution in [0.1, 0.15) is 11.1 Å². The molecule has 28 heavy (non-hydrogen) atoms. The first-order valence-electron chi connectivity index (χ1n) is 9.04. The number of carbonyl (C=O) groups is 1. The number of H-pyrrole nitrogens is 1. The third-order valence-corrected chi connectivity index (χ3v) is 4.48. The van der Waals surface area contributed by atoms with Crippen molar-refractivity contribution >= 4 is 17.1 Å². The van der Waals surface area contributed by atoms with E-state index in [1.807, 2.05) is 60.7 Å². The predicted octanol–water partition coefficient (Wildman–Crippen LogP) is 3.49. The van der Waals surface area contributed by atoms with Gasteiger partial charge < -0.3 is 15.0 Å². The van der Waals surface area contributed by atoms with E-state index in [-0.39, 0.29) is 12.3 Å². The number of nitrogens with one attached hydrogen (secondary N) is 2. The fourth-order valence-electron chi connectivity index (χ4n) is 2.96. The number of amides is 1. The van der Waals surface area contributed by atoms with Crippen molar-refractivity contribution in [3.63, 3.8) is 0 Å². The summed E-state index contributed by atoms with van der Waals surface area (Å²) in [6, 6.07) is 19.6. The van der Waals surface area contributed by atoms with Crippen LogP contribution in [-0.4, -0.2) is 27.9 Å². The molecule has 2 aromatic heterocycles. The molecule has 0 unspecified atom stereocenters. The third kappa shape index (κ3) is 3.86. The summed E-state index contributed by atoms with van der Waals surface area (Å²) in [5.74, 6) is 1.45. The van der Waals surface area contributed by atoms with E-state index in [1.165, 1.54) is 0 Å². The van der Waals surface area contributed by atoms with Crippen molar-refractivity contribution < 1.29 is 9.53 Å². The van der Waals surface area contributed by atoms with Crippen LogP contribution in [-0.2, 0) is 17.8 Å². The van der Waals surface area contributed by atoms with Crippen molar-refractivity contribution in [3.05, 3.63) is 78.0 Å². The molecule has 0 spiro atoms. The Balaban J connectivity index is 1.53. The van der Waals surface area contributed by atoms with Gasteiger partial charge in [0, 0.05) is 18.8 Å². The number of pyridine rings is 1. The standard InChI is InChI=1S/C22H20N4O2/c1-23-19(27)13-17-11-12-24-22-20(17)25-21(26-22)16-7-9-18(10-8-16)28-14-15-5-3-2-4-6-15/h2-12H,13-14H2,1H3,(H,23,27)(H,24,25,26). The summed E-state index contributed by atoms with van der Waals surface area (Å²) in [4.78, 5) is 23.9. The number of aromatic nitrogens is 3. The largest absolute Gasteiger partial charge is 0.489 e. The highest BCUT2D eigenvalue weighted by Gasteiger charge is 2.12. The molecule has 0 aliphatic carbocycles. The molecule has 4 aromatic rings. The van der Waals surface area contributed by atoms with Gasteiger partial charge in [-0.1, -0.05) is 30.3 Å². The van der Waals surface area contributed by atoms with Crippen LogP contribution in [0.4, 0.5) is 0 Å². The zero-order valence-electron chi connectivity index (χ0n) is 15.5. The van der Waals surface area contributed by atoms with Gasteiger partial charge in [0.2, 0.25) is 5.91 Å². The number of carbonyl (C=O) groups excluding carboxylic acids is 1. The second kappa shape index (κ2) is 7.92. The van der Waals surface area contributed by atoms with Crippen molar-refractivity contribution in [1.82, 2.24) is 20.3 Å². The number of hydrogen-bond donors (Lipinski definition) is 2. The smallest absolute Gasteiger partial charge is 0.224 e. The summed E-state index contributed by atoms with van der Waals surface area (Å²) in [6.45, 7) is 0.525. The monoisotopic (exact) mass is 372 g/mol. The lowest BCUT2D eigenvalue weighted by atomic mass is 10.1. The number of aromatic amines is 1. The van der Waals surface area contributed by atoms with Gasteiger partial charge in [-0.25, -0.2) is 9.97 Å². The minimum absolute atomic E-state index is 0.0523. The number of fused-ring (bicyclic) bond motifs is 1. The molecule has 2 heterocycles. The second-order valence-electron chi connectivity index (χ2n) is 6.40. The minimum atomic E-state index is -0.0523. The summed E-state index contributed by atoms with van der Waals surface area (Å²) in [6.07, 6.45) is 1.95. The second-order valence-corrected chi connectivity index (χ2v) is 6.40. The van der Waals surface area contributed by atoms with Crippen molar-refractivity contribution in [2.75, 3.05) is 7.05 Å². The highest BCUT2D eigenvalue weighted by atomic mass is 16.5. The molecule has 0 aliphatic rings. The van der Waals surface area contributed by atoms with E-state index in [1.54, 1.807) is 13.2 Å². The first-order chi connectivity index (χ1) is 13.7. The molecule has 6 nitrogen and oxygen atoms in total. The molecular weight excluding hydrogens is 352 g/mol. The predicted molar refractivity (Wildman–Crippen MR) is 108 cm³/mol. The van der Waals surface area contributed by atoms with Gasteiger partial charge in [-0.2, -0.15) is 0 Å². The minimum Gasteiger partial charge on any atom is -0.489 e. The van der Waals surface area contributed by atoms with Gasteiger partial charge in [0.05, 0.1) is 11.9 Å². The molecule has 0 aliphatic heterocycles. The lowest BCUT2D eigenvalue weighted by Crippen LogP contribution is -2.20. The molecule has 2 aromatic carbocycles. The van der Waals surface area contributed by atoms with Crippen LogP contribution in [0.3, 0.4) is 0 Å². The number of ether oxygens (including phenoxy) is 1.